The standard InChI is InChI=1S/C13H16N4O2/c1-16-7-3-4-9(16)8-11-14-12-6-2-5-10(13(18)19)17(12)15-11/h2,5-6,9H,3-4,7-8H2,1H3,(H,18,19). The van der Waals surface area contributed by atoms with Crippen molar-refractivity contribution in [2.24, 2.45) is 0 Å². The Hall–Kier alpha value is -1.95. The zero-order chi connectivity index (χ0) is 13.4. The van der Waals surface area contributed by atoms with Crippen molar-refractivity contribution in [3.8, 4) is 0 Å². The van der Waals surface area contributed by atoms with Crippen LogP contribution < -0.4 is 0 Å². The molecular formula is C13H16N4O2. The Morgan fingerprint density at radius 2 is 2.37 bits per heavy atom. The van der Waals surface area contributed by atoms with Crippen LogP contribution in [0.2, 0.25) is 0 Å². The van der Waals surface area contributed by atoms with Crippen LogP contribution in [0.5, 0.6) is 0 Å². The smallest absolute Gasteiger partial charge is 0.354 e. The van der Waals surface area contributed by atoms with E-state index in [4.69, 9.17) is 5.11 Å². The molecule has 3 heterocycles. The number of hydrogen-bond donors (Lipinski definition) is 1. The third kappa shape index (κ3) is 2.19. The van der Waals surface area contributed by atoms with Gasteiger partial charge in [0, 0.05) is 12.5 Å². The average Bonchev–Trinajstić information content (AvgIpc) is 2.95. The molecule has 0 aliphatic carbocycles. The second-order valence-corrected chi connectivity index (χ2v) is 4.99. The van der Waals surface area contributed by atoms with Gasteiger partial charge in [-0.2, -0.15) is 5.10 Å². The molecule has 2 aromatic heterocycles. The summed E-state index contributed by atoms with van der Waals surface area (Å²) in [5, 5.41) is 13.5. The second kappa shape index (κ2) is 4.62. The minimum Gasteiger partial charge on any atom is -0.477 e. The lowest BCUT2D eigenvalue weighted by molar-refractivity contribution is 0.0687. The Morgan fingerprint density at radius 1 is 1.53 bits per heavy atom. The summed E-state index contributed by atoms with van der Waals surface area (Å²) in [6, 6.07) is 5.47. The van der Waals surface area contributed by atoms with Crippen LogP contribution in [-0.4, -0.2) is 50.2 Å². The van der Waals surface area contributed by atoms with E-state index >= 15 is 0 Å². The third-order valence-electron chi connectivity index (χ3n) is 3.71. The minimum absolute atomic E-state index is 0.149. The number of nitrogens with zero attached hydrogens (tertiary/aromatic N) is 4. The van der Waals surface area contributed by atoms with Gasteiger partial charge in [-0.15, -0.1) is 0 Å². The molecule has 1 fully saturated rings. The van der Waals surface area contributed by atoms with Crippen LogP contribution in [-0.2, 0) is 6.42 Å². The van der Waals surface area contributed by atoms with Gasteiger partial charge < -0.3 is 10.0 Å². The summed E-state index contributed by atoms with van der Waals surface area (Å²) in [5.74, 6) is -0.271. The number of carbonyl (C=O) groups is 1. The van der Waals surface area contributed by atoms with Crippen molar-refractivity contribution in [3.05, 3.63) is 29.7 Å². The molecule has 100 valence electrons. The first-order valence-electron chi connectivity index (χ1n) is 6.43. The molecule has 2 aromatic rings. The van der Waals surface area contributed by atoms with E-state index in [1.807, 2.05) is 0 Å². The van der Waals surface area contributed by atoms with E-state index in [0.717, 1.165) is 19.4 Å². The molecule has 1 unspecified atom stereocenters. The fraction of sp³-hybridized carbons (Fsp3) is 0.462. The molecule has 1 aliphatic rings. The Bertz CT molecular complexity index is 622. The summed E-state index contributed by atoms with van der Waals surface area (Å²) >= 11 is 0. The van der Waals surface area contributed by atoms with E-state index in [-0.39, 0.29) is 5.69 Å². The predicted octanol–water partition coefficient (Wildman–Crippen LogP) is 1.06. The van der Waals surface area contributed by atoms with E-state index in [2.05, 4.69) is 22.0 Å². The van der Waals surface area contributed by atoms with Crippen LogP contribution in [0.25, 0.3) is 5.65 Å². The lowest BCUT2D eigenvalue weighted by atomic mass is 10.1. The molecule has 1 aliphatic heterocycles. The highest BCUT2D eigenvalue weighted by atomic mass is 16.4. The molecule has 0 saturated carbocycles. The fourth-order valence-corrected chi connectivity index (χ4v) is 2.65. The van der Waals surface area contributed by atoms with Gasteiger partial charge in [0.15, 0.2) is 17.2 Å². The van der Waals surface area contributed by atoms with Crippen molar-refractivity contribution < 1.29 is 9.90 Å². The highest BCUT2D eigenvalue weighted by Gasteiger charge is 2.23. The van der Waals surface area contributed by atoms with Gasteiger partial charge in [0.2, 0.25) is 0 Å². The number of rotatable bonds is 3. The topological polar surface area (TPSA) is 70.7 Å². The summed E-state index contributed by atoms with van der Waals surface area (Å²) in [6.45, 7) is 1.11. The summed E-state index contributed by atoms with van der Waals surface area (Å²) < 4.78 is 1.41. The first-order chi connectivity index (χ1) is 9.15. The number of aromatic carboxylic acids is 1. The molecule has 1 atom stereocenters. The molecule has 0 bridgehead atoms. The van der Waals surface area contributed by atoms with Crippen LogP contribution in [0.3, 0.4) is 0 Å². The SMILES string of the molecule is CN1CCCC1Cc1nc2cccc(C(=O)O)n2n1. The minimum atomic E-state index is -0.986. The molecule has 0 amide bonds. The molecule has 6 heteroatoms. The molecule has 1 N–H and O–H groups in total. The molecule has 0 radical (unpaired) electrons. The molecule has 3 rings (SSSR count). The summed E-state index contributed by atoms with van der Waals surface area (Å²) in [5.41, 5.74) is 0.742. The highest BCUT2D eigenvalue weighted by Crippen LogP contribution is 2.18. The Labute approximate surface area is 110 Å². The van der Waals surface area contributed by atoms with Gasteiger partial charge in [0.25, 0.3) is 0 Å². The van der Waals surface area contributed by atoms with Crippen molar-refractivity contribution >= 4 is 11.6 Å². The first kappa shape index (κ1) is 12.1. The monoisotopic (exact) mass is 260 g/mol. The van der Waals surface area contributed by atoms with E-state index in [9.17, 15) is 4.79 Å². The van der Waals surface area contributed by atoms with Crippen LogP contribution >= 0.6 is 0 Å². The normalized spacial score (nSPS) is 20.2. The number of hydrogen-bond acceptors (Lipinski definition) is 4. The molecule has 0 aromatic carbocycles. The van der Waals surface area contributed by atoms with Gasteiger partial charge in [0.1, 0.15) is 0 Å². The average molecular weight is 260 g/mol. The van der Waals surface area contributed by atoms with Crippen molar-refractivity contribution in [2.75, 3.05) is 13.6 Å². The molecule has 1 saturated heterocycles. The van der Waals surface area contributed by atoms with Crippen molar-refractivity contribution in [1.29, 1.82) is 0 Å². The Morgan fingerprint density at radius 3 is 3.05 bits per heavy atom. The van der Waals surface area contributed by atoms with E-state index < -0.39 is 5.97 Å². The van der Waals surface area contributed by atoms with Crippen molar-refractivity contribution in [2.45, 2.75) is 25.3 Å². The summed E-state index contributed by atoms with van der Waals surface area (Å²) in [6.07, 6.45) is 3.13. The lowest BCUT2D eigenvalue weighted by Gasteiger charge is -2.17. The number of aromatic nitrogens is 3. The number of carboxylic acid groups (broad SMARTS) is 1. The number of fused-ring (bicyclic) bond motifs is 1. The summed E-state index contributed by atoms with van der Waals surface area (Å²) in [7, 11) is 2.11. The third-order valence-corrected chi connectivity index (χ3v) is 3.71. The molecule has 0 spiro atoms. The van der Waals surface area contributed by atoms with Crippen LogP contribution in [0.4, 0.5) is 0 Å². The quantitative estimate of drug-likeness (QED) is 0.893. The Kier molecular flexibility index (Phi) is 2.94. The van der Waals surface area contributed by atoms with Crippen LogP contribution in [0.1, 0.15) is 29.2 Å². The molecule has 19 heavy (non-hydrogen) atoms. The maximum absolute atomic E-state index is 11.1. The second-order valence-electron chi connectivity index (χ2n) is 4.99. The van der Waals surface area contributed by atoms with Gasteiger partial charge >= 0.3 is 5.97 Å². The number of carboxylic acids is 1. The first-order valence-corrected chi connectivity index (χ1v) is 6.43. The number of likely N-dealkylation sites (tertiary alicyclic amines) is 1. The van der Waals surface area contributed by atoms with Crippen molar-refractivity contribution in [3.63, 3.8) is 0 Å². The Balaban J connectivity index is 1.93. The number of pyridine rings is 1. The van der Waals surface area contributed by atoms with Gasteiger partial charge in [-0.25, -0.2) is 14.3 Å². The van der Waals surface area contributed by atoms with Gasteiger partial charge in [-0.1, -0.05) is 6.07 Å². The van der Waals surface area contributed by atoms with E-state index in [0.29, 0.717) is 17.5 Å². The predicted molar refractivity (Wildman–Crippen MR) is 69.3 cm³/mol. The summed E-state index contributed by atoms with van der Waals surface area (Å²) in [4.78, 5) is 17.8. The van der Waals surface area contributed by atoms with E-state index in [1.54, 1.807) is 12.1 Å². The fourth-order valence-electron chi connectivity index (χ4n) is 2.65. The lowest BCUT2D eigenvalue weighted by Crippen LogP contribution is -2.27. The number of likely N-dealkylation sites (N-methyl/N-ethyl adjacent to an activating group) is 1. The molecular weight excluding hydrogens is 244 g/mol. The van der Waals surface area contributed by atoms with E-state index in [1.165, 1.54) is 17.0 Å². The maximum Gasteiger partial charge on any atom is 0.354 e. The largest absolute Gasteiger partial charge is 0.477 e. The zero-order valence-corrected chi connectivity index (χ0v) is 10.8. The van der Waals surface area contributed by atoms with Gasteiger partial charge in [-0.05, 0) is 38.6 Å². The van der Waals surface area contributed by atoms with Gasteiger partial charge in [-0.3, -0.25) is 0 Å². The van der Waals surface area contributed by atoms with Crippen LogP contribution in [0.15, 0.2) is 18.2 Å². The highest BCUT2D eigenvalue weighted by molar-refractivity contribution is 5.86. The van der Waals surface area contributed by atoms with Crippen LogP contribution in [0, 0.1) is 0 Å². The van der Waals surface area contributed by atoms with Gasteiger partial charge in [0.05, 0.1) is 0 Å². The van der Waals surface area contributed by atoms with Crippen molar-refractivity contribution in [1.82, 2.24) is 19.5 Å². The molecule has 6 nitrogen and oxygen atoms in total. The maximum atomic E-state index is 11.1. The zero-order valence-electron chi connectivity index (χ0n) is 10.8.